The van der Waals surface area contributed by atoms with Crippen molar-refractivity contribution >= 4 is 6.09 Å². The molecule has 0 saturated heterocycles. The summed E-state index contributed by atoms with van der Waals surface area (Å²) in [5.74, 6) is 0.329. The second-order valence-electron chi connectivity index (χ2n) is 5.73. The van der Waals surface area contributed by atoms with E-state index < -0.39 is 17.9 Å². The summed E-state index contributed by atoms with van der Waals surface area (Å²) in [6, 6.07) is -0.156. The Kier molecular flexibility index (Phi) is 5.10. The van der Waals surface area contributed by atoms with Gasteiger partial charge < -0.3 is 10.1 Å². The van der Waals surface area contributed by atoms with Crippen LogP contribution in [0.15, 0.2) is 0 Å². The molecular weight excluding hydrogens is 259 g/mol. The molecule has 1 rings (SSSR count). The molecule has 1 saturated carbocycles. The predicted octanol–water partition coefficient (Wildman–Crippen LogP) is 4.02. The molecule has 19 heavy (non-hydrogen) atoms. The van der Waals surface area contributed by atoms with Gasteiger partial charge in [0.25, 0.3) is 0 Å². The maximum Gasteiger partial charge on any atom is 0.427 e. The van der Waals surface area contributed by atoms with Gasteiger partial charge in [0.1, 0.15) is 0 Å². The molecule has 3 nitrogen and oxygen atoms in total. The van der Waals surface area contributed by atoms with Gasteiger partial charge in [0.05, 0.1) is 0 Å². The Labute approximate surface area is 111 Å². The summed E-state index contributed by atoms with van der Waals surface area (Å²) in [5, 5.41) is 2.52. The van der Waals surface area contributed by atoms with Crippen molar-refractivity contribution in [3.8, 4) is 0 Å². The predicted molar refractivity (Wildman–Crippen MR) is 65.8 cm³/mol. The van der Waals surface area contributed by atoms with Crippen LogP contribution in [-0.2, 0) is 4.74 Å². The van der Waals surface area contributed by atoms with Gasteiger partial charge in [-0.05, 0) is 39.5 Å². The Morgan fingerprint density at radius 1 is 1.21 bits per heavy atom. The minimum Gasteiger partial charge on any atom is -0.434 e. The number of hydrogen-bond acceptors (Lipinski definition) is 2. The third-order valence-corrected chi connectivity index (χ3v) is 3.73. The first kappa shape index (κ1) is 16.1. The molecule has 1 unspecified atom stereocenters. The highest BCUT2D eigenvalue weighted by atomic mass is 19.4. The maximum absolute atomic E-state index is 12.6. The third-order valence-electron chi connectivity index (χ3n) is 3.73. The molecule has 0 aromatic rings. The smallest absolute Gasteiger partial charge is 0.427 e. The maximum atomic E-state index is 12.6. The van der Waals surface area contributed by atoms with E-state index in [-0.39, 0.29) is 6.04 Å². The average molecular weight is 281 g/mol. The number of alkyl halides is 3. The molecule has 0 radical (unpaired) electrons. The highest BCUT2D eigenvalue weighted by Crippen LogP contribution is 2.33. The molecule has 0 aliphatic heterocycles. The Morgan fingerprint density at radius 3 is 2.21 bits per heavy atom. The summed E-state index contributed by atoms with van der Waals surface area (Å²) >= 11 is 0. The van der Waals surface area contributed by atoms with Gasteiger partial charge in [-0.1, -0.05) is 19.3 Å². The number of amides is 1. The molecule has 1 N–H and O–H groups in total. The molecule has 0 heterocycles. The Morgan fingerprint density at radius 2 is 1.74 bits per heavy atom. The van der Waals surface area contributed by atoms with Crippen LogP contribution in [0.5, 0.6) is 0 Å². The van der Waals surface area contributed by atoms with Crippen LogP contribution in [0, 0.1) is 5.92 Å². The van der Waals surface area contributed by atoms with Crippen molar-refractivity contribution in [1.29, 1.82) is 0 Å². The van der Waals surface area contributed by atoms with Gasteiger partial charge in [0, 0.05) is 6.04 Å². The number of rotatable bonds is 3. The van der Waals surface area contributed by atoms with Crippen molar-refractivity contribution < 1.29 is 22.7 Å². The van der Waals surface area contributed by atoms with E-state index in [9.17, 15) is 18.0 Å². The van der Waals surface area contributed by atoms with E-state index in [0.29, 0.717) is 5.92 Å². The van der Waals surface area contributed by atoms with Gasteiger partial charge in [-0.3, -0.25) is 0 Å². The van der Waals surface area contributed by atoms with E-state index in [1.807, 2.05) is 6.92 Å². The number of nitrogens with one attached hydrogen (secondary N) is 1. The van der Waals surface area contributed by atoms with Gasteiger partial charge in [0.15, 0.2) is 0 Å². The van der Waals surface area contributed by atoms with E-state index in [1.165, 1.54) is 6.42 Å². The molecule has 0 aromatic heterocycles. The second-order valence-corrected chi connectivity index (χ2v) is 5.73. The molecule has 6 heteroatoms. The summed E-state index contributed by atoms with van der Waals surface area (Å²) in [5.41, 5.74) is -2.47. The van der Waals surface area contributed by atoms with Gasteiger partial charge >= 0.3 is 12.3 Å². The SMILES string of the molecule is CC(NC(=O)OC(C)(C)C(F)(F)F)C1CCCCC1. The Hall–Kier alpha value is -0.940. The number of hydrogen-bond donors (Lipinski definition) is 1. The lowest BCUT2D eigenvalue weighted by Crippen LogP contribution is -2.48. The van der Waals surface area contributed by atoms with Crippen LogP contribution in [0.1, 0.15) is 52.9 Å². The number of halogens is 3. The molecule has 0 spiro atoms. The second kappa shape index (κ2) is 6.01. The fraction of sp³-hybridized carbons (Fsp3) is 0.923. The fourth-order valence-corrected chi connectivity index (χ4v) is 2.26. The molecule has 1 amide bonds. The highest BCUT2D eigenvalue weighted by molar-refractivity contribution is 5.68. The summed E-state index contributed by atoms with van der Waals surface area (Å²) in [6.45, 7) is 3.51. The van der Waals surface area contributed by atoms with Gasteiger partial charge in [-0.2, -0.15) is 13.2 Å². The number of ether oxygens (including phenoxy) is 1. The highest BCUT2D eigenvalue weighted by Gasteiger charge is 2.51. The average Bonchev–Trinajstić information content (AvgIpc) is 2.27. The van der Waals surface area contributed by atoms with Gasteiger partial charge in [-0.15, -0.1) is 0 Å². The van der Waals surface area contributed by atoms with Gasteiger partial charge in [0.2, 0.25) is 5.60 Å². The largest absolute Gasteiger partial charge is 0.434 e. The fourth-order valence-electron chi connectivity index (χ4n) is 2.26. The number of carbonyl (C=O) groups is 1. The van der Waals surface area contributed by atoms with Crippen LogP contribution >= 0.6 is 0 Å². The normalized spacial score (nSPS) is 19.9. The first-order valence-corrected chi connectivity index (χ1v) is 6.70. The summed E-state index contributed by atoms with van der Waals surface area (Å²) in [4.78, 5) is 11.5. The molecule has 0 aromatic carbocycles. The third kappa shape index (κ3) is 4.58. The van der Waals surface area contributed by atoms with Crippen LogP contribution in [0.4, 0.5) is 18.0 Å². The zero-order valence-electron chi connectivity index (χ0n) is 11.6. The molecular formula is C13H22F3NO2. The molecule has 1 aliphatic carbocycles. The zero-order chi connectivity index (χ0) is 14.7. The van der Waals surface area contributed by atoms with E-state index in [1.54, 1.807) is 0 Å². The Bertz CT molecular complexity index is 310. The van der Waals surface area contributed by atoms with Crippen LogP contribution in [0.3, 0.4) is 0 Å². The molecule has 1 aliphatic rings. The van der Waals surface area contributed by atoms with Crippen LogP contribution in [0.25, 0.3) is 0 Å². The standard InChI is InChI=1S/C13H22F3NO2/c1-9(10-7-5-4-6-8-10)17-11(18)19-12(2,3)13(14,15)16/h9-10H,4-8H2,1-3H3,(H,17,18). The monoisotopic (exact) mass is 281 g/mol. The van der Waals surface area contributed by atoms with Crippen molar-refractivity contribution in [3.05, 3.63) is 0 Å². The number of alkyl carbamates (subject to hydrolysis) is 1. The van der Waals surface area contributed by atoms with E-state index >= 15 is 0 Å². The lowest BCUT2D eigenvalue weighted by Gasteiger charge is -2.31. The van der Waals surface area contributed by atoms with Crippen molar-refractivity contribution in [2.24, 2.45) is 5.92 Å². The molecule has 1 atom stereocenters. The molecule has 0 bridgehead atoms. The summed E-state index contributed by atoms with van der Waals surface area (Å²) in [6.07, 6.45) is -0.151. The minimum atomic E-state index is -4.57. The first-order chi connectivity index (χ1) is 8.63. The van der Waals surface area contributed by atoms with Crippen LogP contribution in [-0.4, -0.2) is 23.9 Å². The lowest BCUT2D eigenvalue weighted by atomic mass is 9.85. The zero-order valence-corrected chi connectivity index (χ0v) is 11.6. The molecule has 1 fully saturated rings. The van der Waals surface area contributed by atoms with E-state index in [4.69, 9.17) is 0 Å². The topological polar surface area (TPSA) is 38.3 Å². The minimum absolute atomic E-state index is 0.156. The first-order valence-electron chi connectivity index (χ1n) is 6.70. The van der Waals surface area contributed by atoms with Crippen molar-refractivity contribution in [3.63, 3.8) is 0 Å². The van der Waals surface area contributed by atoms with Crippen molar-refractivity contribution in [2.75, 3.05) is 0 Å². The van der Waals surface area contributed by atoms with E-state index in [2.05, 4.69) is 10.1 Å². The Balaban J connectivity index is 2.46. The lowest BCUT2D eigenvalue weighted by molar-refractivity contribution is -0.244. The van der Waals surface area contributed by atoms with Crippen LogP contribution in [0.2, 0.25) is 0 Å². The summed E-state index contributed by atoms with van der Waals surface area (Å²) < 4.78 is 42.2. The van der Waals surface area contributed by atoms with Crippen molar-refractivity contribution in [2.45, 2.75) is 70.7 Å². The van der Waals surface area contributed by atoms with Crippen molar-refractivity contribution in [1.82, 2.24) is 5.32 Å². The summed E-state index contributed by atoms with van der Waals surface area (Å²) in [7, 11) is 0. The van der Waals surface area contributed by atoms with Crippen LogP contribution < -0.4 is 5.32 Å². The molecule has 112 valence electrons. The van der Waals surface area contributed by atoms with E-state index in [0.717, 1.165) is 39.5 Å². The number of carbonyl (C=O) groups excluding carboxylic acids is 1. The quantitative estimate of drug-likeness (QED) is 0.848. The van der Waals surface area contributed by atoms with Gasteiger partial charge in [-0.25, -0.2) is 4.79 Å².